The number of hydrogen-bond donors (Lipinski definition) is 2. The Hall–Kier alpha value is -3.34. The number of nitrogens with zero attached hydrogens (tertiary/aromatic N) is 1. The number of carbonyl (C=O) groups is 2. The van der Waals surface area contributed by atoms with Crippen LogP contribution in [0.15, 0.2) is 54.6 Å². The smallest absolute Gasteiger partial charge is 0.265 e. The number of rotatable bonds is 1. The summed E-state index contributed by atoms with van der Waals surface area (Å²) < 4.78 is 0. The fourth-order valence-corrected chi connectivity index (χ4v) is 2.92. The molecule has 3 aromatic rings. The van der Waals surface area contributed by atoms with E-state index < -0.39 is 11.8 Å². The SMILES string of the molecule is O=C1c2cccc3c(O)ccc(c23)C(=O)N1c1ccc(O)cc1. The second-order valence-corrected chi connectivity index (χ2v) is 5.32. The van der Waals surface area contributed by atoms with Gasteiger partial charge in [0.15, 0.2) is 0 Å². The van der Waals surface area contributed by atoms with Crippen LogP contribution in [0.3, 0.4) is 0 Å². The second-order valence-electron chi connectivity index (χ2n) is 5.32. The van der Waals surface area contributed by atoms with Gasteiger partial charge in [0.1, 0.15) is 11.5 Å². The van der Waals surface area contributed by atoms with Crippen molar-refractivity contribution in [3.05, 3.63) is 65.7 Å². The summed E-state index contributed by atoms with van der Waals surface area (Å²) in [5, 5.41) is 20.3. The molecule has 0 unspecified atom stereocenters. The maximum Gasteiger partial charge on any atom is 0.265 e. The Kier molecular flexibility index (Phi) is 2.65. The van der Waals surface area contributed by atoms with Crippen molar-refractivity contribution in [3.8, 4) is 11.5 Å². The number of aromatic hydroxyl groups is 2. The molecule has 0 bridgehead atoms. The lowest BCUT2D eigenvalue weighted by Gasteiger charge is -2.27. The van der Waals surface area contributed by atoms with Gasteiger partial charge in [-0.15, -0.1) is 0 Å². The molecule has 112 valence electrons. The van der Waals surface area contributed by atoms with Crippen molar-refractivity contribution in [2.75, 3.05) is 4.90 Å². The van der Waals surface area contributed by atoms with Crippen molar-refractivity contribution in [2.45, 2.75) is 0 Å². The van der Waals surface area contributed by atoms with Crippen molar-refractivity contribution in [2.24, 2.45) is 0 Å². The van der Waals surface area contributed by atoms with Crippen LogP contribution in [0.2, 0.25) is 0 Å². The van der Waals surface area contributed by atoms with Crippen LogP contribution in [0.4, 0.5) is 5.69 Å². The number of amides is 2. The molecule has 0 fully saturated rings. The first-order chi connectivity index (χ1) is 11.1. The topological polar surface area (TPSA) is 77.8 Å². The van der Waals surface area contributed by atoms with E-state index in [0.29, 0.717) is 27.6 Å². The van der Waals surface area contributed by atoms with Gasteiger partial charge >= 0.3 is 0 Å². The molecule has 2 amide bonds. The van der Waals surface area contributed by atoms with Gasteiger partial charge in [-0.2, -0.15) is 0 Å². The van der Waals surface area contributed by atoms with Crippen LogP contribution in [-0.4, -0.2) is 22.0 Å². The van der Waals surface area contributed by atoms with Crippen molar-refractivity contribution in [1.29, 1.82) is 0 Å². The summed E-state index contributed by atoms with van der Waals surface area (Å²) in [4.78, 5) is 26.6. The summed E-state index contributed by atoms with van der Waals surface area (Å²) in [6.07, 6.45) is 0. The van der Waals surface area contributed by atoms with Crippen LogP contribution >= 0.6 is 0 Å². The van der Waals surface area contributed by atoms with Gasteiger partial charge < -0.3 is 10.2 Å². The lowest BCUT2D eigenvalue weighted by atomic mass is 9.93. The third-order valence-corrected chi connectivity index (χ3v) is 3.99. The van der Waals surface area contributed by atoms with Gasteiger partial charge in [-0.05, 0) is 42.5 Å². The lowest BCUT2D eigenvalue weighted by Crippen LogP contribution is -2.40. The highest BCUT2D eigenvalue weighted by Gasteiger charge is 2.34. The third kappa shape index (κ3) is 1.80. The average Bonchev–Trinajstić information content (AvgIpc) is 2.56. The molecule has 5 nitrogen and oxygen atoms in total. The predicted octanol–water partition coefficient (Wildman–Crippen LogP) is 3.05. The molecule has 5 heteroatoms. The van der Waals surface area contributed by atoms with Gasteiger partial charge in [0.25, 0.3) is 11.8 Å². The van der Waals surface area contributed by atoms with Gasteiger partial charge in [0.2, 0.25) is 0 Å². The van der Waals surface area contributed by atoms with Gasteiger partial charge in [0, 0.05) is 21.9 Å². The molecular formula is C18H11NO4. The van der Waals surface area contributed by atoms with Crippen LogP contribution in [0, 0.1) is 0 Å². The molecule has 0 radical (unpaired) electrons. The Balaban J connectivity index is 1.99. The van der Waals surface area contributed by atoms with Crippen LogP contribution in [0.25, 0.3) is 10.8 Å². The molecule has 1 heterocycles. The molecule has 1 aliphatic rings. The van der Waals surface area contributed by atoms with Gasteiger partial charge in [-0.3, -0.25) is 9.59 Å². The van der Waals surface area contributed by atoms with Gasteiger partial charge in [0.05, 0.1) is 5.69 Å². The summed E-state index contributed by atoms with van der Waals surface area (Å²) in [5.41, 5.74) is 1.11. The number of carbonyl (C=O) groups excluding carboxylic acids is 2. The Labute approximate surface area is 131 Å². The minimum Gasteiger partial charge on any atom is -0.508 e. The van der Waals surface area contributed by atoms with Crippen molar-refractivity contribution < 1.29 is 19.8 Å². The fourth-order valence-electron chi connectivity index (χ4n) is 2.92. The average molecular weight is 305 g/mol. The van der Waals surface area contributed by atoms with E-state index in [4.69, 9.17) is 0 Å². The van der Waals surface area contributed by atoms with E-state index in [-0.39, 0.29) is 11.5 Å². The molecular weight excluding hydrogens is 294 g/mol. The monoisotopic (exact) mass is 305 g/mol. The van der Waals surface area contributed by atoms with E-state index in [1.165, 1.54) is 36.4 Å². The highest BCUT2D eigenvalue weighted by atomic mass is 16.3. The molecule has 1 aliphatic heterocycles. The summed E-state index contributed by atoms with van der Waals surface area (Å²) in [5.74, 6) is -0.823. The maximum absolute atomic E-state index is 12.8. The van der Waals surface area contributed by atoms with Crippen molar-refractivity contribution >= 4 is 28.3 Å². The zero-order valence-electron chi connectivity index (χ0n) is 11.9. The zero-order chi connectivity index (χ0) is 16.1. The standard InChI is InChI=1S/C18H11NO4/c20-11-6-4-10(5-7-11)19-17(22)13-3-1-2-12-15(21)9-8-14(16(12)13)18(19)23/h1-9,20-21H. The minimum absolute atomic E-state index is 0.0317. The Morgan fingerprint density at radius 2 is 1.39 bits per heavy atom. The molecule has 0 saturated heterocycles. The molecule has 23 heavy (non-hydrogen) atoms. The highest BCUT2D eigenvalue weighted by Crippen LogP contribution is 2.36. The first-order valence-corrected chi connectivity index (χ1v) is 7.00. The minimum atomic E-state index is -0.454. The van der Waals surface area contributed by atoms with Gasteiger partial charge in [-0.25, -0.2) is 4.90 Å². The van der Waals surface area contributed by atoms with E-state index >= 15 is 0 Å². The number of imide groups is 1. The summed E-state index contributed by atoms with van der Waals surface area (Å²) in [6, 6.07) is 13.8. The van der Waals surface area contributed by atoms with Crippen LogP contribution < -0.4 is 4.90 Å². The van der Waals surface area contributed by atoms with Crippen LogP contribution in [-0.2, 0) is 0 Å². The zero-order valence-corrected chi connectivity index (χ0v) is 11.9. The number of benzene rings is 3. The van der Waals surface area contributed by atoms with Crippen molar-refractivity contribution in [3.63, 3.8) is 0 Å². The molecule has 0 spiro atoms. The Bertz CT molecular complexity index is 954. The fraction of sp³-hybridized carbons (Fsp3) is 0. The highest BCUT2D eigenvalue weighted by molar-refractivity contribution is 6.36. The van der Waals surface area contributed by atoms with Crippen LogP contribution in [0.5, 0.6) is 11.5 Å². The first-order valence-electron chi connectivity index (χ1n) is 7.00. The van der Waals surface area contributed by atoms with E-state index in [1.807, 2.05) is 0 Å². The summed E-state index contributed by atoms with van der Waals surface area (Å²) >= 11 is 0. The Morgan fingerprint density at radius 3 is 2.09 bits per heavy atom. The quantitative estimate of drug-likeness (QED) is 0.677. The normalized spacial score (nSPS) is 13.7. The predicted molar refractivity (Wildman–Crippen MR) is 84.9 cm³/mol. The summed E-state index contributed by atoms with van der Waals surface area (Å²) in [6.45, 7) is 0. The number of hydrogen-bond acceptors (Lipinski definition) is 4. The third-order valence-electron chi connectivity index (χ3n) is 3.99. The molecule has 4 rings (SSSR count). The molecule has 0 aliphatic carbocycles. The van der Waals surface area contributed by atoms with Crippen LogP contribution in [0.1, 0.15) is 20.7 Å². The van der Waals surface area contributed by atoms with Crippen molar-refractivity contribution in [1.82, 2.24) is 0 Å². The van der Waals surface area contributed by atoms with Gasteiger partial charge in [-0.1, -0.05) is 12.1 Å². The number of anilines is 1. The molecule has 2 N–H and O–H groups in total. The largest absolute Gasteiger partial charge is 0.508 e. The van der Waals surface area contributed by atoms with E-state index in [0.717, 1.165) is 4.90 Å². The Morgan fingerprint density at radius 1 is 0.739 bits per heavy atom. The maximum atomic E-state index is 12.8. The van der Waals surface area contributed by atoms with E-state index in [2.05, 4.69) is 0 Å². The molecule has 3 aromatic carbocycles. The number of phenols is 2. The molecule has 0 aromatic heterocycles. The number of phenolic OH excluding ortho intramolecular Hbond substituents is 2. The molecule has 0 saturated carbocycles. The first kappa shape index (κ1) is 13.3. The van der Waals surface area contributed by atoms with E-state index in [1.54, 1.807) is 18.2 Å². The second kappa shape index (κ2) is 4.58. The summed E-state index contributed by atoms with van der Waals surface area (Å²) in [7, 11) is 0. The molecule has 0 atom stereocenters. The lowest BCUT2D eigenvalue weighted by molar-refractivity contribution is 0.0893. The van der Waals surface area contributed by atoms with E-state index in [9.17, 15) is 19.8 Å².